The van der Waals surface area contributed by atoms with Gasteiger partial charge < -0.3 is 9.64 Å². The second kappa shape index (κ2) is 9.39. The number of piperidine rings is 1. The molecule has 7 heteroatoms. The zero-order valence-corrected chi connectivity index (χ0v) is 20.2. The van der Waals surface area contributed by atoms with Crippen LogP contribution in [-0.4, -0.2) is 49.8 Å². The molecular formula is C27H30N2O4S. The van der Waals surface area contributed by atoms with E-state index < -0.39 is 10.0 Å². The second-order valence-electron chi connectivity index (χ2n) is 9.23. The van der Waals surface area contributed by atoms with Crippen molar-refractivity contribution < 1.29 is 17.9 Å². The van der Waals surface area contributed by atoms with Crippen molar-refractivity contribution in [2.24, 2.45) is 5.92 Å². The third kappa shape index (κ3) is 4.68. The number of hydrogen-bond acceptors (Lipinski definition) is 4. The van der Waals surface area contributed by atoms with Crippen molar-refractivity contribution in [2.75, 3.05) is 20.2 Å². The van der Waals surface area contributed by atoms with Crippen LogP contribution in [0.1, 0.15) is 31.2 Å². The molecule has 3 aromatic rings. The van der Waals surface area contributed by atoms with E-state index in [0.717, 1.165) is 34.9 Å². The Morgan fingerprint density at radius 2 is 1.62 bits per heavy atom. The first-order valence-corrected chi connectivity index (χ1v) is 13.3. The van der Waals surface area contributed by atoms with Crippen LogP contribution in [0.4, 0.5) is 0 Å². The van der Waals surface area contributed by atoms with E-state index in [1.54, 1.807) is 19.2 Å². The number of amides is 1. The normalized spacial score (nSPS) is 17.6. The van der Waals surface area contributed by atoms with Crippen LogP contribution in [0.2, 0.25) is 0 Å². The number of rotatable bonds is 7. The van der Waals surface area contributed by atoms with E-state index in [1.807, 2.05) is 59.5 Å². The largest absolute Gasteiger partial charge is 0.497 e. The summed E-state index contributed by atoms with van der Waals surface area (Å²) < 4.78 is 33.3. The molecule has 0 radical (unpaired) electrons. The molecule has 0 N–H and O–H groups in total. The van der Waals surface area contributed by atoms with Crippen molar-refractivity contribution in [3.63, 3.8) is 0 Å². The lowest BCUT2D eigenvalue weighted by molar-refractivity contribution is -0.138. The van der Waals surface area contributed by atoms with E-state index in [-0.39, 0.29) is 11.8 Å². The molecule has 178 valence electrons. The van der Waals surface area contributed by atoms with Gasteiger partial charge in [0.15, 0.2) is 0 Å². The minimum absolute atomic E-state index is 0.137. The topological polar surface area (TPSA) is 66.9 Å². The van der Waals surface area contributed by atoms with E-state index in [2.05, 4.69) is 0 Å². The minimum atomic E-state index is -3.59. The fourth-order valence-corrected chi connectivity index (χ4v) is 6.26. The molecular weight excluding hydrogens is 448 g/mol. The van der Waals surface area contributed by atoms with E-state index in [4.69, 9.17) is 4.74 Å². The molecule has 1 amide bonds. The van der Waals surface area contributed by atoms with Crippen molar-refractivity contribution in [1.82, 2.24) is 9.21 Å². The van der Waals surface area contributed by atoms with Crippen LogP contribution in [0.15, 0.2) is 71.6 Å². The third-order valence-corrected chi connectivity index (χ3v) is 8.84. The van der Waals surface area contributed by atoms with Gasteiger partial charge in [0.05, 0.1) is 12.0 Å². The van der Waals surface area contributed by atoms with Gasteiger partial charge in [0, 0.05) is 31.6 Å². The lowest BCUT2D eigenvalue weighted by atomic mass is 9.96. The van der Waals surface area contributed by atoms with Gasteiger partial charge in [0.1, 0.15) is 5.75 Å². The molecule has 6 nitrogen and oxygen atoms in total. The van der Waals surface area contributed by atoms with Crippen LogP contribution in [0.3, 0.4) is 0 Å². The van der Waals surface area contributed by atoms with Gasteiger partial charge in [-0.25, -0.2) is 8.42 Å². The van der Waals surface area contributed by atoms with E-state index in [9.17, 15) is 13.2 Å². The van der Waals surface area contributed by atoms with Gasteiger partial charge >= 0.3 is 0 Å². The number of methoxy groups -OCH3 is 1. The fraction of sp³-hybridized carbons (Fsp3) is 0.370. The number of carbonyl (C=O) groups is 1. The molecule has 0 aromatic heterocycles. The van der Waals surface area contributed by atoms with Crippen LogP contribution in [-0.2, 0) is 21.4 Å². The highest BCUT2D eigenvalue weighted by molar-refractivity contribution is 7.89. The fourth-order valence-electron chi connectivity index (χ4n) is 4.76. The molecule has 1 saturated heterocycles. The zero-order valence-electron chi connectivity index (χ0n) is 19.4. The quantitative estimate of drug-likeness (QED) is 0.504. The number of benzene rings is 3. The number of hydrogen-bond donors (Lipinski definition) is 0. The standard InChI is InChI=1S/C27H30N2O4S/c1-33-25-11-6-20(7-12-25)19-29(24-9-10-24)27(30)22-14-16-28(17-15-22)34(31,32)26-13-8-21-4-2-3-5-23(21)18-26/h2-8,11-13,18,22,24H,9-10,14-17,19H2,1H3. The van der Waals surface area contributed by atoms with Gasteiger partial charge in [0.2, 0.25) is 15.9 Å². The Labute approximate surface area is 201 Å². The summed E-state index contributed by atoms with van der Waals surface area (Å²) in [6.07, 6.45) is 3.18. The first kappa shape index (κ1) is 22.9. The summed E-state index contributed by atoms with van der Waals surface area (Å²) in [5, 5.41) is 1.93. The molecule has 2 aliphatic rings. The first-order valence-electron chi connectivity index (χ1n) is 11.9. The van der Waals surface area contributed by atoms with Crippen LogP contribution in [0.5, 0.6) is 5.75 Å². The van der Waals surface area contributed by atoms with Gasteiger partial charge in [-0.15, -0.1) is 0 Å². The van der Waals surface area contributed by atoms with Crippen LogP contribution < -0.4 is 4.74 Å². The summed E-state index contributed by atoms with van der Waals surface area (Å²) in [5.41, 5.74) is 1.08. The maximum atomic E-state index is 13.4. The Hall–Kier alpha value is -2.90. The highest BCUT2D eigenvalue weighted by Gasteiger charge is 2.38. The summed E-state index contributed by atoms with van der Waals surface area (Å²) in [7, 11) is -1.95. The Balaban J connectivity index is 1.25. The average molecular weight is 479 g/mol. The van der Waals surface area contributed by atoms with Gasteiger partial charge in [-0.05, 0) is 66.3 Å². The summed E-state index contributed by atoms with van der Waals surface area (Å²) >= 11 is 0. The predicted molar refractivity (Wildman–Crippen MR) is 132 cm³/mol. The molecule has 5 rings (SSSR count). The minimum Gasteiger partial charge on any atom is -0.497 e. The SMILES string of the molecule is COc1ccc(CN(C(=O)C2CCN(S(=O)(=O)c3ccc4ccccc4c3)CC2)C2CC2)cc1. The maximum Gasteiger partial charge on any atom is 0.243 e. The van der Waals surface area contributed by atoms with Crippen molar-refractivity contribution in [2.45, 2.75) is 43.2 Å². The first-order chi connectivity index (χ1) is 16.5. The molecule has 0 unspecified atom stereocenters. The third-order valence-electron chi connectivity index (χ3n) is 6.94. The molecule has 2 fully saturated rings. The average Bonchev–Trinajstić information content (AvgIpc) is 3.72. The van der Waals surface area contributed by atoms with Crippen molar-refractivity contribution in [3.05, 3.63) is 72.3 Å². The smallest absolute Gasteiger partial charge is 0.243 e. The molecule has 1 saturated carbocycles. The molecule has 1 aliphatic carbocycles. The van der Waals surface area contributed by atoms with Gasteiger partial charge in [-0.1, -0.05) is 42.5 Å². The molecule has 0 bridgehead atoms. The van der Waals surface area contributed by atoms with E-state index in [0.29, 0.717) is 43.4 Å². The van der Waals surface area contributed by atoms with Crippen molar-refractivity contribution in [3.8, 4) is 5.75 Å². The van der Waals surface area contributed by atoms with Gasteiger partial charge in [-0.3, -0.25) is 4.79 Å². The second-order valence-corrected chi connectivity index (χ2v) is 11.2. The van der Waals surface area contributed by atoms with Crippen LogP contribution in [0.25, 0.3) is 10.8 Å². The van der Waals surface area contributed by atoms with Crippen molar-refractivity contribution >= 4 is 26.7 Å². The number of carbonyl (C=O) groups excluding carboxylic acids is 1. The lowest BCUT2D eigenvalue weighted by Gasteiger charge is -2.34. The Kier molecular flexibility index (Phi) is 6.32. The molecule has 34 heavy (non-hydrogen) atoms. The Morgan fingerprint density at radius 3 is 2.26 bits per heavy atom. The van der Waals surface area contributed by atoms with E-state index in [1.165, 1.54) is 4.31 Å². The molecule has 0 spiro atoms. The molecule has 1 heterocycles. The number of ether oxygens (including phenoxy) is 1. The monoisotopic (exact) mass is 478 g/mol. The Morgan fingerprint density at radius 1 is 0.941 bits per heavy atom. The van der Waals surface area contributed by atoms with Gasteiger partial charge in [0.25, 0.3) is 0 Å². The summed E-state index contributed by atoms with van der Waals surface area (Å²) in [5.74, 6) is 0.816. The summed E-state index contributed by atoms with van der Waals surface area (Å²) in [6, 6.07) is 21.2. The van der Waals surface area contributed by atoms with Crippen LogP contribution >= 0.6 is 0 Å². The van der Waals surface area contributed by atoms with Crippen molar-refractivity contribution in [1.29, 1.82) is 0 Å². The summed E-state index contributed by atoms with van der Waals surface area (Å²) in [4.78, 5) is 15.7. The molecule has 0 atom stereocenters. The predicted octanol–water partition coefficient (Wildman–Crippen LogP) is 4.44. The van der Waals surface area contributed by atoms with E-state index >= 15 is 0 Å². The molecule has 3 aromatic carbocycles. The number of nitrogens with zero attached hydrogens (tertiary/aromatic N) is 2. The van der Waals surface area contributed by atoms with Crippen LogP contribution in [0, 0.1) is 5.92 Å². The summed E-state index contributed by atoms with van der Waals surface area (Å²) in [6.45, 7) is 1.32. The highest BCUT2D eigenvalue weighted by Crippen LogP contribution is 2.33. The lowest BCUT2D eigenvalue weighted by Crippen LogP contribution is -2.44. The number of sulfonamides is 1. The maximum absolute atomic E-state index is 13.4. The Bertz CT molecular complexity index is 1280. The number of fused-ring (bicyclic) bond motifs is 1. The van der Waals surface area contributed by atoms with Gasteiger partial charge in [-0.2, -0.15) is 4.31 Å². The highest BCUT2D eigenvalue weighted by atomic mass is 32.2. The molecule has 1 aliphatic heterocycles. The zero-order chi connectivity index (χ0) is 23.7.